The van der Waals surface area contributed by atoms with Gasteiger partial charge in [-0.15, -0.1) is 0 Å². The van der Waals surface area contributed by atoms with Crippen molar-refractivity contribution in [3.05, 3.63) is 59.9 Å². The first-order valence-electron chi connectivity index (χ1n) is 10.2. The molecule has 2 heterocycles. The zero-order valence-corrected chi connectivity index (χ0v) is 16.7. The van der Waals surface area contributed by atoms with Crippen LogP contribution in [0.25, 0.3) is 16.7 Å². The number of hydrogen-bond acceptors (Lipinski definition) is 3. The molecule has 2 aromatic carbocycles. The first-order chi connectivity index (χ1) is 13.7. The molecule has 0 unspecified atom stereocenters. The van der Waals surface area contributed by atoms with Crippen molar-refractivity contribution in [3.8, 4) is 5.69 Å². The van der Waals surface area contributed by atoms with Crippen molar-refractivity contribution in [2.75, 3.05) is 19.6 Å². The van der Waals surface area contributed by atoms with Crippen molar-refractivity contribution in [2.24, 2.45) is 0 Å². The molecule has 0 atom stereocenters. The number of rotatable bonds is 5. The molecule has 0 radical (unpaired) electrons. The number of amides is 1. The van der Waals surface area contributed by atoms with Crippen LogP contribution in [0.3, 0.4) is 0 Å². The second kappa shape index (κ2) is 8.15. The second-order valence-electron chi connectivity index (χ2n) is 7.51. The van der Waals surface area contributed by atoms with Crippen LogP contribution in [-0.4, -0.2) is 46.0 Å². The van der Waals surface area contributed by atoms with Gasteiger partial charge < -0.3 is 10.2 Å². The van der Waals surface area contributed by atoms with Gasteiger partial charge in [0.25, 0.3) is 5.91 Å². The summed E-state index contributed by atoms with van der Waals surface area (Å²) in [5.41, 5.74) is 3.72. The average molecular weight is 377 g/mol. The Bertz CT molecular complexity index is 957. The van der Waals surface area contributed by atoms with Crippen LogP contribution in [0.5, 0.6) is 0 Å². The summed E-state index contributed by atoms with van der Waals surface area (Å²) in [6, 6.07) is 16.5. The predicted octanol–water partition coefficient (Wildman–Crippen LogP) is 3.94. The summed E-state index contributed by atoms with van der Waals surface area (Å²) in [6.45, 7) is 6.91. The molecular weight excluding hydrogens is 348 g/mol. The third kappa shape index (κ3) is 3.54. The Hall–Kier alpha value is -2.66. The minimum atomic E-state index is 0.127. The van der Waals surface area contributed by atoms with Gasteiger partial charge in [0.05, 0.1) is 11.0 Å². The number of imidazole rings is 1. The number of benzene rings is 2. The topological polar surface area (TPSA) is 50.2 Å². The standard InChI is InChI=1S/C23H28N4O/c1-3-15-26(19-11-13-24-14-12-19)23(28)18-9-10-22-21(16-18)25-17(2)27(22)20-7-5-4-6-8-20/h4-10,16,19,24H,3,11-15H2,1-2H3. The van der Waals surface area contributed by atoms with Crippen molar-refractivity contribution < 1.29 is 4.79 Å². The molecule has 3 aromatic rings. The van der Waals surface area contributed by atoms with Crippen molar-refractivity contribution in [3.63, 3.8) is 0 Å². The maximum Gasteiger partial charge on any atom is 0.254 e. The van der Waals surface area contributed by atoms with Crippen molar-refractivity contribution in [1.82, 2.24) is 19.8 Å². The van der Waals surface area contributed by atoms with Crippen LogP contribution in [0.15, 0.2) is 48.5 Å². The summed E-state index contributed by atoms with van der Waals surface area (Å²) in [4.78, 5) is 20.1. The summed E-state index contributed by atoms with van der Waals surface area (Å²) < 4.78 is 2.14. The Morgan fingerprint density at radius 3 is 2.64 bits per heavy atom. The lowest BCUT2D eigenvalue weighted by Crippen LogP contribution is -2.46. The van der Waals surface area contributed by atoms with E-state index in [4.69, 9.17) is 4.98 Å². The Balaban J connectivity index is 1.68. The van der Waals surface area contributed by atoms with Crippen molar-refractivity contribution in [2.45, 2.75) is 39.2 Å². The van der Waals surface area contributed by atoms with E-state index in [0.717, 1.165) is 67.0 Å². The number of piperidine rings is 1. The third-order valence-corrected chi connectivity index (χ3v) is 5.56. The van der Waals surface area contributed by atoms with Gasteiger partial charge >= 0.3 is 0 Å². The highest BCUT2D eigenvalue weighted by Gasteiger charge is 2.26. The molecule has 1 aromatic heterocycles. The van der Waals surface area contributed by atoms with Crippen molar-refractivity contribution >= 4 is 16.9 Å². The average Bonchev–Trinajstić information content (AvgIpc) is 3.07. The van der Waals surface area contributed by atoms with Gasteiger partial charge in [0.1, 0.15) is 5.82 Å². The van der Waals surface area contributed by atoms with E-state index in [1.807, 2.05) is 43.3 Å². The largest absolute Gasteiger partial charge is 0.336 e. The molecule has 1 N–H and O–H groups in total. The van der Waals surface area contributed by atoms with E-state index in [1.165, 1.54) is 0 Å². The lowest BCUT2D eigenvalue weighted by molar-refractivity contribution is 0.0643. The van der Waals surface area contributed by atoms with Gasteiger partial charge in [-0.3, -0.25) is 9.36 Å². The molecule has 1 fully saturated rings. The highest BCUT2D eigenvalue weighted by Crippen LogP contribution is 2.24. The summed E-state index contributed by atoms with van der Waals surface area (Å²) >= 11 is 0. The zero-order valence-electron chi connectivity index (χ0n) is 16.7. The van der Waals surface area contributed by atoms with E-state index in [0.29, 0.717) is 6.04 Å². The minimum Gasteiger partial charge on any atom is -0.336 e. The Morgan fingerprint density at radius 2 is 1.93 bits per heavy atom. The molecular formula is C23H28N4O. The molecule has 4 rings (SSSR count). The quantitative estimate of drug-likeness (QED) is 0.734. The molecule has 1 aliphatic rings. The molecule has 28 heavy (non-hydrogen) atoms. The lowest BCUT2D eigenvalue weighted by Gasteiger charge is -2.34. The molecule has 1 saturated heterocycles. The molecule has 0 spiro atoms. The molecule has 0 bridgehead atoms. The number of hydrogen-bond donors (Lipinski definition) is 1. The van der Waals surface area contributed by atoms with Crippen LogP contribution in [0.4, 0.5) is 0 Å². The van der Waals surface area contributed by atoms with E-state index in [2.05, 4.69) is 33.8 Å². The Kier molecular flexibility index (Phi) is 5.44. The maximum atomic E-state index is 13.3. The third-order valence-electron chi connectivity index (χ3n) is 5.56. The first kappa shape index (κ1) is 18.7. The smallest absolute Gasteiger partial charge is 0.254 e. The van der Waals surface area contributed by atoms with Crippen LogP contribution in [0.2, 0.25) is 0 Å². The van der Waals surface area contributed by atoms with Crippen molar-refractivity contribution in [1.29, 1.82) is 0 Å². The highest BCUT2D eigenvalue weighted by molar-refractivity contribution is 5.98. The van der Waals surface area contributed by atoms with Gasteiger partial charge in [0, 0.05) is 23.8 Å². The number of fused-ring (bicyclic) bond motifs is 1. The summed E-state index contributed by atoms with van der Waals surface area (Å²) in [7, 11) is 0. The molecule has 5 heteroatoms. The fraction of sp³-hybridized carbons (Fsp3) is 0.391. The fourth-order valence-electron chi connectivity index (χ4n) is 4.21. The molecule has 146 valence electrons. The van der Waals surface area contributed by atoms with E-state index in [1.54, 1.807) is 0 Å². The first-order valence-corrected chi connectivity index (χ1v) is 10.2. The molecule has 0 saturated carbocycles. The number of carbonyl (C=O) groups excluding carboxylic acids is 1. The fourth-order valence-corrected chi connectivity index (χ4v) is 4.21. The van der Waals surface area contributed by atoms with Crippen LogP contribution in [-0.2, 0) is 0 Å². The predicted molar refractivity (Wildman–Crippen MR) is 113 cm³/mol. The van der Waals surface area contributed by atoms with Gasteiger partial charge in [0.2, 0.25) is 0 Å². The van der Waals surface area contributed by atoms with E-state index < -0.39 is 0 Å². The Labute approximate surface area is 166 Å². The number of nitrogens with one attached hydrogen (secondary N) is 1. The zero-order chi connectivity index (χ0) is 19.5. The second-order valence-corrected chi connectivity index (χ2v) is 7.51. The number of aromatic nitrogens is 2. The summed E-state index contributed by atoms with van der Waals surface area (Å²) in [5.74, 6) is 1.05. The summed E-state index contributed by atoms with van der Waals surface area (Å²) in [6.07, 6.45) is 3.02. The monoisotopic (exact) mass is 376 g/mol. The molecule has 5 nitrogen and oxygen atoms in total. The van der Waals surface area contributed by atoms with E-state index >= 15 is 0 Å². The summed E-state index contributed by atoms with van der Waals surface area (Å²) in [5, 5.41) is 3.39. The van der Waals surface area contributed by atoms with Gasteiger partial charge in [-0.1, -0.05) is 25.1 Å². The number of para-hydroxylation sites is 1. The number of aryl methyl sites for hydroxylation is 1. The Morgan fingerprint density at radius 1 is 1.18 bits per heavy atom. The van der Waals surface area contributed by atoms with Crippen LogP contribution >= 0.6 is 0 Å². The van der Waals surface area contributed by atoms with Crippen LogP contribution in [0.1, 0.15) is 42.4 Å². The minimum absolute atomic E-state index is 0.127. The lowest BCUT2D eigenvalue weighted by atomic mass is 10.0. The van der Waals surface area contributed by atoms with Gasteiger partial charge in [-0.2, -0.15) is 0 Å². The molecule has 1 amide bonds. The normalized spacial score (nSPS) is 15.1. The van der Waals surface area contributed by atoms with E-state index in [9.17, 15) is 4.79 Å². The number of carbonyl (C=O) groups is 1. The maximum absolute atomic E-state index is 13.3. The van der Waals surface area contributed by atoms with Crippen LogP contribution in [0, 0.1) is 6.92 Å². The van der Waals surface area contributed by atoms with Gasteiger partial charge in [-0.25, -0.2) is 4.98 Å². The highest BCUT2D eigenvalue weighted by atomic mass is 16.2. The SMILES string of the molecule is CCCN(C(=O)c1ccc2c(c1)nc(C)n2-c1ccccc1)C1CCNCC1. The molecule has 0 aliphatic carbocycles. The van der Waals surface area contributed by atoms with Gasteiger partial charge in [-0.05, 0) is 69.6 Å². The van der Waals surface area contributed by atoms with Gasteiger partial charge in [0.15, 0.2) is 0 Å². The van der Waals surface area contributed by atoms with E-state index in [-0.39, 0.29) is 5.91 Å². The molecule has 1 aliphatic heterocycles. The van der Waals surface area contributed by atoms with Crippen LogP contribution < -0.4 is 5.32 Å². The number of nitrogens with zero attached hydrogens (tertiary/aromatic N) is 3.